The minimum atomic E-state index is -2.19. The average Bonchev–Trinajstić information content (AvgIpc) is 2.60. The molecule has 0 radical (unpaired) electrons. The van der Waals surface area contributed by atoms with Gasteiger partial charge in [0, 0.05) is 33.0 Å². The molecule has 0 spiro atoms. The predicted octanol–water partition coefficient (Wildman–Crippen LogP) is 1.12. The summed E-state index contributed by atoms with van der Waals surface area (Å²) in [6, 6.07) is 0. The Morgan fingerprint density at radius 1 is 0.750 bits per heavy atom. The van der Waals surface area contributed by atoms with Crippen molar-refractivity contribution in [3.63, 3.8) is 0 Å². The summed E-state index contributed by atoms with van der Waals surface area (Å²) in [7, 11) is 0. The quantitative estimate of drug-likeness (QED) is 0.219. The van der Waals surface area contributed by atoms with Crippen molar-refractivity contribution < 1.29 is 49.4 Å². The number of rotatable bonds is 17. The van der Waals surface area contributed by atoms with E-state index in [1.165, 1.54) is 0 Å². The minimum absolute atomic E-state index is 0.0172. The zero-order chi connectivity index (χ0) is 21.8. The third-order valence-corrected chi connectivity index (χ3v) is 3.53. The van der Waals surface area contributed by atoms with Crippen LogP contribution in [0.3, 0.4) is 0 Å². The number of hydrogen-bond donors (Lipinski definition) is 5. The van der Waals surface area contributed by atoms with E-state index in [0.717, 1.165) is 45.3 Å². The summed E-state index contributed by atoms with van der Waals surface area (Å²) < 4.78 is 10.2. The van der Waals surface area contributed by atoms with Crippen molar-refractivity contribution in [2.75, 3.05) is 33.0 Å². The fraction of sp³-hybridized carbons (Fsp3) is 0.833. The van der Waals surface area contributed by atoms with E-state index in [4.69, 9.17) is 35.0 Å². The number of ether oxygens (including phenoxy) is 2. The lowest BCUT2D eigenvalue weighted by Gasteiger charge is -2.26. The van der Waals surface area contributed by atoms with Gasteiger partial charge in [-0.05, 0) is 32.1 Å². The number of aliphatic carboxylic acids is 3. The zero-order valence-corrected chi connectivity index (χ0v) is 16.5. The molecule has 0 heterocycles. The second-order valence-corrected chi connectivity index (χ2v) is 6.12. The average molecular weight is 410 g/mol. The van der Waals surface area contributed by atoms with Crippen molar-refractivity contribution in [3.8, 4) is 0 Å². The lowest BCUT2D eigenvalue weighted by atomic mass is 9.95. The smallest absolute Gasteiger partial charge is 0.337 e. The van der Waals surface area contributed by atoms with Gasteiger partial charge >= 0.3 is 17.9 Å². The summed E-state index contributed by atoms with van der Waals surface area (Å²) in [6.45, 7) is 3.82. The van der Waals surface area contributed by atoms with Crippen LogP contribution in [0, 0.1) is 0 Å². The molecule has 0 fully saturated rings. The highest BCUT2D eigenvalue weighted by atomic mass is 16.5. The van der Waals surface area contributed by atoms with Gasteiger partial charge in [0.1, 0.15) is 0 Å². The Morgan fingerprint density at radius 3 is 1.54 bits per heavy atom. The lowest BCUT2D eigenvalue weighted by molar-refractivity contribution is -0.178. The summed E-state index contributed by atoms with van der Waals surface area (Å²) >= 11 is 0. The molecule has 0 aliphatic heterocycles. The van der Waals surface area contributed by atoms with E-state index >= 15 is 0 Å². The number of aliphatic hydroxyl groups is 2. The van der Waals surface area contributed by atoms with E-state index in [1.807, 2.05) is 6.92 Å². The molecule has 28 heavy (non-hydrogen) atoms. The molecule has 0 aliphatic rings. The van der Waals surface area contributed by atoms with Crippen molar-refractivity contribution in [1.82, 2.24) is 0 Å². The van der Waals surface area contributed by atoms with Gasteiger partial charge in [-0.2, -0.15) is 0 Å². The van der Waals surface area contributed by atoms with Crippen LogP contribution in [0.4, 0.5) is 0 Å². The first-order valence-corrected chi connectivity index (χ1v) is 9.36. The molecule has 0 aliphatic carbocycles. The Bertz CT molecular complexity index is 401. The molecule has 10 heteroatoms. The highest BCUT2D eigenvalue weighted by Gasteiger charge is 2.44. The summed E-state index contributed by atoms with van der Waals surface area (Å²) in [5.74, 6) is -4.39. The number of carbonyl (C=O) groups is 3. The van der Waals surface area contributed by atoms with E-state index in [-0.39, 0.29) is 19.8 Å². The molecule has 10 nitrogen and oxygen atoms in total. The Kier molecular flexibility index (Phi) is 18.9. The molecule has 5 N–H and O–H groups in total. The molecule has 0 saturated carbocycles. The van der Waals surface area contributed by atoms with Crippen LogP contribution in [0.15, 0.2) is 0 Å². The molecule has 0 aromatic heterocycles. The van der Waals surface area contributed by atoms with Crippen molar-refractivity contribution in [3.05, 3.63) is 0 Å². The third-order valence-electron chi connectivity index (χ3n) is 3.53. The van der Waals surface area contributed by atoms with Gasteiger partial charge in [0.15, 0.2) is 5.60 Å². The van der Waals surface area contributed by atoms with Gasteiger partial charge < -0.3 is 35.0 Å². The molecular formula is C18H34O10. The van der Waals surface area contributed by atoms with E-state index in [1.54, 1.807) is 0 Å². The fourth-order valence-corrected chi connectivity index (χ4v) is 2.01. The Labute approximate surface area is 165 Å². The molecule has 0 bridgehead atoms. The topological polar surface area (TPSA) is 171 Å². The molecule has 166 valence electrons. The van der Waals surface area contributed by atoms with Gasteiger partial charge in [-0.1, -0.05) is 13.3 Å². The third kappa shape index (κ3) is 16.4. The van der Waals surface area contributed by atoms with Crippen LogP contribution in [0.25, 0.3) is 0 Å². The first kappa shape index (κ1) is 28.5. The minimum Gasteiger partial charge on any atom is -0.481 e. The molecule has 0 aromatic rings. The van der Waals surface area contributed by atoms with Crippen LogP contribution in [0.1, 0.15) is 58.3 Å². The second kappa shape index (κ2) is 18.6. The standard InChI is InChI=1S/C10H16O7.C8H18O3/c1-2-3-4-17-10(9(15)16,5-7(11)12)6-8(13)14;9-5-1-3-7-11-8-4-2-6-10/h2-6H2,1H3,(H,11,12)(H,13,14)(H,15,16);9-10H,1-8H2. The number of carboxylic acids is 3. The van der Waals surface area contributed by atoms with Gasteiger partial charge in [0.2, 0.25) is 0 Å². The van der Waals surface area contributed by atoms with Gasteiger partial charge in [-0.15, -0.1) is 0 Å². The molecular weight excluding hydrogens is 376 g/mol. The Balaban J connectivity index is 0. The predicted molar refractivity (Wildman–Crippen MR) is 99.2 cm³/mol. The van der Waals surface area contributed by atoms with Crippen molar-refractivity contribution in [1.29, 1.82) is 0 Å². The molecule has 0 atom stereocenters. The van der Waals surface area contributed by atoms with Crippen LogP contribution < -0.4 is 0 Å². The summed E-state index contributed by atoms with van der Waals surface area (Å²) in [6.07, 6.45) is 3.01. The van der Waals surface area contributed by atoms with E-state index in [9.17, 15) is 14.4 Å². The van der Waals surface area contributed by atoms with E-state index in [0.29, 0.717) is 6.42 Å². The Morgan fingerprint density at radius 2 is 1.21 bits per heavy atom. The number of aliphatic hydroxyl groups excluding tert-OH is 2. The maximum absolute atomic E-state index is 11.0. The number of hydrogen-bond acceptors (Lipinski definition) is 7. The van der Waals surface area contributed by atoms with Gasteiger partial charge in [-0.3, -0.25) is 9.59 Å². The maximum atomic E-state index is 11.0. The SMILES string of the molecule is CCCCOC(CC(=O)O)(CC(=O)O)C(=O)O.OCCCCOCCCCO. The Hall–Kier alpha value is -1.75. The van der Waals surface area contributed by atoms with Gasteiger partial charge in [0.05, 0.1) is 12.8 Å². The van der Waals surface area contributed by atoms with Crippen molar-refractivity contribution in [2.24, 2.45) is 0 Å². The monoisotopic (exact) mass is 410 g/mol. The van der Waals surface area contributed by atoms with Crippen LogP contribution in [-0.4, -0.2) is 82.1 Å². The largest absolute Gasteiger partial charge is 0.481 e. The molecule has 0 unspecified atom stereocenters. The second-order valence-electron chi connectivity index (χ2n) is 6.12. The van der Waals surface area contributed by atoms with Crippen molar-refractivity contribution >= 4 is 17.9 Å². The van der Waals surface area contributed by atoms with Crippen LogP contribution >= 0.6 is 0 Å². The zero-order valence-electron chi connectivity index (χ0n) is 16.5. The summed E-state index contributed by atoms with van der Waals surface area (Å²) in [5.41, 5.74) is -2.19. The molecule has 0 rings (SSSR count). The van der Waals surface area contributed by atoms with Crippen LogP contribution in [-0.2, 0) is 23.9 Å². The first-order valence-electron chi connectivity index (χ1n) is 9.36. The fourth-order valence-electron chi connectivity index (χ4n) is 2.01. The van der Waals surface area contributed by atoms with E-state index in [2.05, 4.69) is 0 Å². The normalized spacial score (nSPS) is 10.8. The van der Waals surface area contributed by atoms with Gasteiger partial charge in [-0.25, -0.2) is 4.79 Å². The van der Waals surface area contributed by atoms with Crippen molar-refractivity contribution in [2.45, 2.75) is 63.9 Å². The lowest BCUT2D eigenvalue weighted by Crippen LogP contribution is -2.45. The molecule has 0 amide bonds. The maximum Gasteiger partial charge on any atom is 0.337 e. The summed E-state index contributed by atoms with van der Waals surface area (Å²) in [5, 5.41) is 43.1. The number of carboxylic acid groups (broad SMARTS) is 3. The van der Waals surface area contributed by atoms with Crippen LogP contribution in [0.5, 0.6) is 0 Å². The highest BCUT2D eigenvalue weighted by Crippen LogP contribution is 2.22. The number of unbranched alkanes of at least 4 members (excludes halogenated alkanes) is 3. The highest BCUT2D eigenvalue weighted by molar-refractivity contribution is 5.88. The molecule has 0 aromatic carbocycles. The summed E-state index contributed by atoms with van der Waals surface area (Å²) in [4.78, 5) is 32.2. The first-order chi connectivity index (χ1) is 13.3. The van der Waals surface area contributed by atoms with Crippen LogP contribution in [0.2, 0.25) is 0 Å². The van der Waals surface area contributed by atoms with E-state index < -0.39 is 36.4 Å². The molecule has 0 saturated heterocycles. The van der Waals surface area contributed by atoms with Gasteiger partial charge in [0.25, 0.3) is 0 Å².